The first-order chi connectivity index (χ1) is 23.6. The second-order valence-electron chi connectivity index (χ2n) is 10.8. The molecule has 0 radical (unpaired) electrons. The zero-order valence-corrected chi connectivity index (χ0v) is 27.3. The van der Waals surface area contributed by atoms with E-state index < -0.39 is 23.9 Å². The Bertz CT molecular complexity index is 1820. The van der Waals surface area contributed by atoms with Crippen LogP contribution in [0.1, 0.15) is 34.8 Å². The number of azide groups is 1. The number of hydrazine groups is 1. The SMILES string of the molecule is [N-]=[N+]=Nc1ccccc1C[C@]1(C(=O)NNCc2ccc(OC(F)(F)F)cc2)N=C(c2ccc(OCCCO)cc2)O[C@H]1c1ccc(Br)cc1. The highest BCUT2D eigenvalue weighted by atomic mass is 79.9. The van der Waals surface area contributed by atoms with Crippen molar-refractivity contribution in [1.82, 2.24) is 10.9 Å². The van der Waals surface area contributed by atoms with Crippen molar-refractivity contribution < 1.29 is 37.3 Å². The Kier molecular flexibility index (Phi) is 11.4. The maximum atomic E-state index is 14.4. The summed E-state index contributed by atoms with van der Waals surface area (Å²) in [4.78, 5) is 22.3. The Hall–Kier alpha value is -5.08. The van der Waals surface area contributed by atoms with Crippen molar-refractivity contribution >= 4 is 33.4 Å². The van der Waals surface area contributed by atoms with Crippen LogP contribution < -0.4 is 20.3 Å². The molecule has 11 nitrogen and oxygen atoms in total. The Balaban J connectivity index is 1.50. The third-order valence-electron chi connectivity index (χ3n) is 7.46. The molecule has 1 aliphatic heterocycles. The normalized spacial score (nSPS) is 17.0. The average Bonchev–Trinajstić information content (AvgIpc) is 3.47. The minimum absolute atomic E-state index is 0.00514. The highest BCUT2D eigenvalue weighted by molar-refractivity contribution is 9.10. The summed E-state index contributed by atoms with van der Waals surface area (Å²) in [5.41, 5.74) is 15.8. The zero-order chi connectivity index (χ0) is 34.9. The number of aliphatic imine (C=N–C) groups is 1. The van der Waals surface area contributed by atoms with Crippen LogP contribution in [0.3, 0.4) is 0 Å². The lowest BCUT2D eigenvalue weighted by atomic mass is 9.81. The summed E-state index contributed by atoms with van der Waals surface area (Å²) in [7, 11) is 0. The van der Waals surface area contributed by atoms with Crippen LogP contribution in [0.25, 0.3) is 10.4 Å². The van der Waals surface area contributed by atoms with Gasteiger partial charge in [0.15, 0.2) is 11.6 Å². The number of alkyl halides is 3. The number of hydrogen-bond donors (Lipinski definition) is 3. The molecule has 5 rings (SSSR count). The lowest BCUT2D eigenvalue weighted by molar-refractivity contribution is -0.274. The number of hydrogen-bond acceptors (Lipinski definition) is 8. The monoisotopic (exact) mass is 738 g/mol. The van der Waals surface area contributed by atoms with Gasteiger partial charge >= 0.3 is 6.36 Å². The van der Waals surface area contributed by atoms with E-state index in [-0.39, 0.29) is 31.2 Å². The Morgan fingerprint density at radius 2 is 1.71 bits per heavy atom. The van der Waals surface area contributed by atoms with Crippen LogP contribution in [0.5, 0.6) is 11.5 Å². The minimum atomic E-state index is -4.82. The fourth-order valence-corrected chi connectivity index (χ4v) is 5.42. The van der Waals surface area contributed by atoms with Crippen molar-refractivity contribution in [2.75, 3.05) is 13.2 Å². The molecule has 0 spiro atoms. The van der Waals surface area contributed by atoms with Crippen molar-refractivity contribution in [3.05, 3.63) is 134 Å². The second-order valence-corrected chi connectivity index (χ2v) is 11.8. The van der Waals surface area contributed by atoms with Gasteiger partial charge in [-0.3, -0.25) is 10.2 Å². The Morgan fingerprint density at radius 3 is 2.39 bits per heavy atom. The number of halogens is 4. The van der Waals surface area contributed by atoms with Gasteiger partial charge in [0.2, 0.25) is 5.90 Å². The molecule has 1 amide bonds. The molecule has 0 aliphatic carbocycles. The maximum absolute atomic E-state index is 14.4. The molecule has 4 aromatic carbocycles. The molecule has 2 atom stereocenters. The van der Waals surface area contributed by atoms with E-state index in [1.807, 2.05) is 24.3 Å². The van der Waals surface area contributed by atoms with Crippen LogP contribution in [-0.2, 0) is 22.5 Å². The fraction of sp³-hybridized carbons (Fsp3) is 0.235. The first-order valence-electron chi connectivity index (χ1n) is 15.0. The molecule has 0 unspecified atom stereocenters. The highest BCUT2D eigenvalue weighted by Crippen LogP contribution is 2.44. The molecule has 0 aromatic heterocycles. The van der Waals surface area contributed by atoms with E-state index in [2.05, 4.69) is 41.5 Å². The van der Waals surface area contributed by atoms with Crippen molar-refractivity contribution in [2.24, 2.45) is 10.1 Å². The first-order valence-corrected chi connectivity index (χ1v) is 15.8. The molecule has 0 bridgehead atoms. The van der Waals surface area contributed by atoms with E-state index in [4.69, 9.17) is 19.6 Å². The van der Waals surface area contributed by atoms with Gasteiger partial charge in [-0.15, -0.1) is 13.2 Å². The number of aliphatic hydroxyl groups is 1. The summed E-state index contributed by atoms with van der Waals surface area (Å²) in [6, 6.07) is 26.3. The number of amides is 1. The van der Waals surface area contributed by atoms with E-state index in [9.17, 15) is 23.5 Å². The third-order valence-corrected chi connectivity index (χ3v) is 7.99. The number of carbonyl (C=O) groups is 1. The maximum Gasteiger partial charge on any atom is 0.573 e. The third kappa shape index (κ3) is 9.09. The van der Waals surface area contributed by atoms with Gasteiger partial charge in [-0.1, -0.05) is 69.6 Å². The number of nitrogens with zero attached hydrogens (tertiary/aromatic N) is 4. The van der Waals surface area contributed by atoms with Crippen LogP contribution in [0.15, 0.2) is 112 Å². The lowest BCUT2D eigenvalue weighted by Crippen LogP contribution is -2.53. The predicted molar refractivity (Wildman–Crippen MR) is 178 cm³/mol. The Morgan fingerprint density at radius 1 is 1.02 bits per heavy atom. The van der Waals surface area contributed by atoms with Gasteiger partial charge < -0.3 is 19.3 Å². The van der Waals surface area contributed by atoms with Crippen LogP contribution in [0.4, 0.5) is 18.9 Å². The van der Waals surface area contributed by atoms with E-state index in [0.29, 0.717) is 46.7 Å². The van der Waals surface area contributed by atoms with Crippen molar-refractivity contribution in [3.63, 3.8) is 0 Å². The van der Waals surface area contributed by atoms with Gasteiger partial charge in [0.25, 0.3) is 5.91 Å². The molecule has 1 heterocycles. The van der Waals surface area contributed by atoms with Crippen LogP contribution >= 0.6 is 15.9 Å². The van der Waals surface area contributed by atoms with E-state index in [0.717, 1.165) is 4.47 Å². The molecular formula is C34H30BrF3N6O5. The van der Waals surface area contributed by atoms with Crippen LogP contribution in [-0.4, -0.2) is 42.0 Å². The number of carbonyl (C=O) groups excluding carboxylic acids is 1. The standard InChI is InChI=1S/C34H30BrF3N6O5/c35-26-12-8-23(9-13-26)30-33(20-25-4-1-2-5-29(25)42-44-39,41-31(48-30)24-10-16-27(17-11-24)47-19-3-18-45)32(46)43-40-21-22-6-14-28(15-7-22)49-34(36,37)38/h1-2,4-17,30,40,45H,3,18-21H2,(H,43,46)/t30-,33-/m0/s1. The molecular weight excluding hydrogens is 709 g/mol. The number of nitrogens with one attached hydrogen (secondary N) is 2. The molecule has 0 saturated heterocycles. The minimum Gasteiger partial charge on any atom is -0.494 e. The second kappa shape index (κ2) is 15.9. The van der Waals surface area contributed by atoms with E-state index >= 15 is 0 Å². The zero-order valence-electron chi connectivity index (χ0n) is 25.7. The van der Waals surface area contributed by atoms with Gasteiger partial charge in [0.05, 0.1) is 6.61 Å². The first kappa shape index (κ1) is 35.2. The summed E-state index contributed by atoms with van der Waals surface area (Å²) >= 11 is 3.45. The van der Waals surface area contributed by atoms with Gasteiger partial charge in [-0.25, -0.2) is 10.4 Å². The lowest BCUT2D eigenvalue weighted by Gasteiger charge is -2.31. The highest BCUT2D eigenvalue weighted by Gasteiger charge is 2.53. The van der Waals surface area contributed by atoms with Crippen molar-refractivity contribution in [3.8, 4) is 11.5 Å². The number of aliphatic hydroxyl groups excluding tert-OH is 1. The molecule has 15 heteroatoms. The summed E-state index contributed by atoms with van der Waals surface area (Å²) in [6.07, 6.45) is -5.32. The van der Waals surface area contributed by atoms with Crippen LogP contribution in [0.2, 0.25) is 0 Å². The molecule has 0 fully saturated rings. The molecule has 254 valence electrons. The number of ether oxygens (including phenoxy) is 3. The summed E-state index contributed by atoms with van der Waals surface area (Å²) < 4.78 is 54.7. The van der Waals surface area contributed by atoms with Crippen molar-refractivity contribution in [1.29, 1.82) is 0 Å². The quantitative estimate of drug-likeness (QED) is 0.0404. The van der Waals surface area contributed by atoms with Gasteiger partial charge in [0, 0.05) is 46.6 Å². The summed E-state index contributed by atoms with van der Waals surface area (Å²) in [5.74, 6) is -0.182. The summed E-state index contributed by atoms with van der Waals surface area (Å²) in [5, 5.41) is 12.9. The topological polar surface area (TPSA) is 150 Å². The smallest absolute Gasteiger partial charge is 0.494 e. The number of rotatable bonds is 14. The van der Waals surface area contributed by atoms with Crippen molar-refractivity contribution in [2.45, 2.75) is 37.4 Å². The van der Waals surface area contributed by atoms with Gasteiger partial charge in [-0.05, 0) is 70.8 Å². The average molecular weight is 740 g/mol. The Labute approximate surface area is 287 Å². The molecule has 1 aliphatic rings. The van der Waals surface area contributed by atoms with Gasteiger partial charge in [-0.2, -0.15) is 0 Å². The van der Waals surface area contributed by atoms with Gasteiger partial charge in [0.1, 0.15) is 11.5 Å². The molecule has 4 aromatic rings. The fourth-order valence-electron chi connectivity index (χ4n) is 5.16. The largest absolute Gasteiger partial charge is 0.573 e. The van der Waals surface area contributed by atoms with E-state index in [1.165, 1.54) is 24.3 Å². The molecule has 3 N–H and O–H groups in total. The molecule has 49 heavy (non-hydrogen) atoms. The van der Waals surface area contributed by atoms with Crippen LogP contribution in [0, 0.1) is 0 Å². The van der Waals surface area contributed by atoms with E-state index in [1.54, 1.807) is 48.5 Å². The predicted octanol–water partition coefficient (Wildman–Crippen LogP) is 7.37. The molecule has 0 saturated carbocycles. The summed E-state index contributed by atoms with van der Waals surface area (Å²) in [6.45, 7) is 0.401. The number of benzene rings is 4.